The Hall–Kier alpha value is -2.50. The van der Waals surface area contributed by atoms with Crippen molar-refractivity contribution in [1.82, 2.24) is 19.9 Å². The highest BCUT2D eigenvalue weighted by Crippen LogP contribution is 2.34. The van der Waals surface area contributed by atoms with Crippen LogP contribution in [0.2, 0.25) is 0 Å². The van der Waals surface area contributed by atoms with Crippen molar-refractivity contribution in [2.24, 2.45) is 0 Å². The molecule has 23 heavy (non-hydrogen) atoms. The molecule has 2 aliphatic heterocycles. The van der Waals surface area contributed by atoms with Gasteiger partial charge in [0.25, 0.3) is 0 Å². The van der Waals surface area contributed by atoms with Crippen molar-refractivity contribution in [3.05, 3.63) is 48.0 Å². The molecule has 0 radical (unpaired) electrons. The van der Waals surface area contributed by atoms with Gasteiger partial charge in [-0.15, -0.1) is 0 Å². The summed E-state index contributed by atoms with van der Waals surface area (Å²) in [4.78, 5) is 29.8. The second kappa shape index (κ2) is 5.61. The third-order valence-electron chi connectivity index (χ3n) is 4.70. The number of hydrogen-bond acceptors (Lipinski definition) is 5. The molecule has 0 spiro atoms. The SMILES string of the molecule is Cc1cccc(CN2C(=O)CC3C2CCN3c2ncccn2)n1. The van der Waals surface area contributed by atoms with Gasteiger partial charge >= 0.3 is 0 Å². The normalized spacial score (nSPS) is 23.4. The Balaban J connectivity index is 1.55. The highest BCUT2D eigenvalue weighted by molar-refractivity contribution is 5.81. The molecule has 1 amide bonds. The lowest BCUT2D eigenvalue weighted by Gasteiger charge is -2.25. The van der Waals surface area contributed by atoms with E-state index < -0.39 is 0 Å². The topological polar surface area (TPSA) is 62.2 Å². The molecular weight excluding hydrogens is 290 g/mol. The van der Waals surface area contributed by atoms with E-state index in [1.165, 1.54) is 0 Å². The van der Waals surface area contributed by atoms with Crippen LogP contribution < -0.4 is 4.90 Å². The number of carbonyl (C=O) groups excluding carboxylic acids is 1. The van der Waals surface area contributed by atoms with Gasteiger partial charge in [-0.05, 0) is 31.5 Å². The molecule has 2 aliphatic rings. The predicted octanol–water partition coefficient (Wildman–Crippen LogP) is 1.56. The van der Waals surface area contributed by atoms with Crippen LogP contribution in [0.5, 0.6) is 0 Å². The number of aryl methyl sites for hydroxylation is 1. The van der Waals surface area contributed by atoms with Crippen LogP contribution in [-0.2, 0) is 11.3 Å². The van der Waals surface area contributed by atoms with Crippen LogP contribution in [0.15, 0.2) is 36.7 Å². The fraction of sp³-hybridized carbons (Fsp3) is 0.412. The molecule has 4 rings (SSSR count). The van der Waals surface area contributed by atoms with Crippen molar-refractivity contribution in [2.45, 2.75) is 38.4 Å². The minimum absolute atomic E-state index is 0.176. The van der Waals surface area contributed by atoms with Crippen LogP contribution in [0.4, 0.5) is 5.95 Å². The number of aromatic nitrogens is 3. The number of nitrogens with zero attached hydrogens (tertiary/aromatic N) is 5. The van der Waals surface area contributed by atoms with Crippen molar-refractivity contribution in [3.8, 4) is 0 Å². The summed E-state index contributed by atoms with van der Waals surface area (Å²) in [5.74, 6) is 0.923. The first-order valence-electron chi connectivity index (χ1n) is 7.98. The molecule has 2 fully saturated rings. The Morgan fingerprint density at radius 1 is 1.17 bits per heavy atom. The lowest BCUT2D eigenvalue weighted by Crippen LogP contribution is -2.37. The van der Waals surface area contributed by atoms with E-state index in [1.54, 1.807) is 12.4 Å². The summed E-state index contributed by atoms with van der Waals surface area (Å²) >= 11 is 0. The molecule has 118 valence electrons. The van der Waals surface area contributed by atoms with Crippen molar-refractivity contribution in [1.29, 1.82) is 0 Å². The van der Waals surface area contributed by atoms with Crippen LogP contribution >= 0.6 is 0 Å². The molecule has 0 N–H and O–H groups in total. The van der Waals surface area contributed by atoms with E-state index in [0.717, 1.165) is 30.3 Å². The van der Waals surface area contributed by atoms with Gasteiger partial charge in [0, 0.05) is 31.1 Å². The van der Waals surface area contributed by atoms with Gasteiger partial charge in [-0.1, -0.05) is 6.07 Å². The second-order valence-electron chi connectivity index (χ2n) is 6.16. The van der Waals surface area contributed by atoms with Crippen LogP contribution in [0, 0.1) is 6.92 Å². The van der Waals surface area contributed by atoms with Gasteiger partial charge < -0.3 is 9.80 Å². The van der Waals surface area contributed by atoms with E-state index in [4.69, 9.17) is 0 Å². The zero-order chi connectivity index (χ0) is 15.8. The number of likely N-dealkylation sites (tertiary alicyclic amines) is 1. The van der Waals surface area contributed by atoms with E-state index in [2.05, 4.69) is 19.9 Å². The monoisotopic (exact) mass is 309 g/mol. The van der Waals surface area contributed by atoms with Crippen LogP contribution in [-0.4, -0.2) is 44.4 Å². The number of pyridine rings is 1. The molecule has 2 unspecified atom stereocenters. The van der Waals surface area contributed by atoms with Gasteiger partial charge in [0.1, 0.15) is 0 Å². The third-order valence-corrected chi connectivity index (χ3v) is 4.70. The fourth-order valence-electron chi connectivity index (χ4n) is 3.68. The summed E-state index contributed by atoms with van der Waals surface area (Å²) in [5.41, 5.74) is 1.94. The fourth-order valence-corrected chi connectivity index (χ4v) is 3.68. The molecule has 0 bridgehead atoms. The molecule has 6 heteroatoms. The number of rotatable bonds is 3. The Bertz CT molecular complexity index is 720. The average molecular weight is 309 g/mol. The summed E-state index contributed by atoms with van der Waals surface area (Å²) in [6, 6.07) is 8.17. The first-order valence-corrected chi connectivity index (χ1v) is 7.98. The van der Waals surface area contributed by atoms with Crippen LogP contribution in [0.1, 0.15) is 24.2 Å². The van der Waals surface area contributed by atoms with Crippen LogP contribution in [0.25, 0.3) is 0 Å². The van der Waals surface area contributed by atoms with E-state index in [-0.39, 0.29) is 18.0 Å². The Labute approximate surface area is 135 Å². The first kappa shape index (κ1) is 14.1. The number of anilines is 1. The Morgan fingerprint density at radius 2 is 2.00 bits per heavy atom. The highest BCUT2D eigenvalue weighted by atomic mass is 16.2. The van der Waals surface area contributed by atoms with Gasteiger partial charge in [-0.2, -0.15) is 0 Å². The van der Waals surface area contributed by atoms with Gasteiger partial charge in [0.05, 0.1) is 24.3 Å². The summed E-state index contributed by atoms with van der Waals surface area (Å²) < 4.78 is 0. The Kier molecular flexibility index (Phi) is 3.44. The summed E-state index contributed by atoms with van der Waals surface area (Å²) in [6.07, 6.45) is 5.00. The van der Waals surface area contributed by atoms with E-state index in [9.17, 15) is 4.79 Å². The average Bonchev–Trinajstić information content (AvgIpc) is 3.09. The maximum atomic E-state index is 12.5. The first-order chi connectivity index (χ1) is 11.2. The van der Waals surface area contributed by atoms with Crippen molar-refractivity contribution in [2.75, 3.05) is 11.4 Å². The highest BCUT2D eigenvalue weighted by Gasteiger charge is 2.47. The molecule has 2 atom stereocenters. The van der Waals surface area contributed by atoms with E-state index in [1.807, 2.05) is 36.1 Å². The lowest BCUT2D eigenvalue weighted by molar-refractivity contribution is -0.129. The standard InChI is InChI=1S/C17H19N5O/c1-12-4-2-5-13(20-12)11-22-14-6-9-21(15(14)10-16(22)23)17-18-7-3-8-19-17/h2-5,7-8,14-15H,6,9-11H2,1H3. The van der Waals surface area contributed by atoms with Gasteiger partial charge in [-0.3, -0.25) is 9.78 Å². The molecule has 0 aliphatic carbocycles. The Morgan fingerprint density at radius 3 is 2.78 bits per heavy atom. The smallest absolute Gasteiger partial charge is 0.225 e. The molecule has 0 aromatic carbocycles. The molecule has 0 saturated carbocycles. The summed E-state index contributed by atoms with van der Waals surface area (Å²) in [6.45, 7) is 3.46. The van der Waals surface area contributed by atoms with E-state index in [0.29, 0.717) is 13.0 Å². The van der Waals surface area contributed by atoms with Crippen molar-refractivity contribution in [3.63, 3.8) is 0 Å². The minimum atomic E-state index is 0.176. The summed E-state index contributed by atoms with van der Waals surface area (Å²) in [5, 5.41) is 0. The van der Waals surface area contributed by atoms with Gasteiger partial charge in [0.15, 0.2) is 0 Å². The lowest BCUT2D eigenvalue weighted by atomic mass is 10.1. The second-order valence-corrected chi connectivity index (χ2v) is 6.16. The third kappa shape index (κ3) is 2.54. The quantitative estimate of drug-likeness (QED) is 0.861. The maximum absolute atomic E-state index is 12.5. The largest absolute Gasteiger partial charge is 0.335 e. The maximum Gasteiger partial charge on any atom is 0.225 e. The number of carbonyl (C=O) groups is 1. The van der Waals surface area contributed by atoms with E-state index >= 15 is 0 Å². The van der Waals surface area contributed by atoms with Crippen molar-refractivity contribution < 1.29 is 4.79 Å². The van der Waals surface area contributed by atoms with Gasteiger partial charge in [0.2, 0.25) is 11.9 Å². The zero-order valence-corrected chi connectivity index (χ0v) is 13.1. The molecular formula is C17H19N5O. The number of hydrogen-bond donors (Lipinski definition) is 0. The molecule has 2 aromatic heterocycles. The minimum Gasteiger partial charge on any atom is -0.335 e. The van der Waals surface area contributed by atoms with Crippen LogP contribution in [0.3, 0.4) is 0 Å². The number of amides is 1. The van der Waals surface area contributed by atoms with Crippen molar-refractivity contribution >= 4 is 11.9 Å². The summed E-state index contributed by atoms with van der Waals surface area (Å²) in [7, 11) is 0. The number of fused-ring (bicyclic) bond motifs is 1. The molecule has 6 nitrogen and oxygen atoms in total. The van der Waals surface area contributed by atoms with Gasteiger partial charge in [-0.25, -0.2) is 9.97 Å². The molecule has 2 aromatic rings. The predicted molar refractivity (Wildman–Crippen MR) is 85.7 cm³/mol. The zero-order valence-electron chi connectivity index (χ0n) is 13.1. The molecule has 2 saturated heterocycles. The molecule has 4 heterocycles.